The van der Waals surface area contributed by atoms with Gasteiger partial charge in [-0.3, -0.25) is 14.4 Å². The topological polar surface area (TPSA) is 66.8 Å². The second kappa shape index (κ2) is 10.1. The molecule has 0 saturated carbocycles. The van der Waals surface area contributed by atoms with Gasteiger partial charge in [0.05, 0.1) is 13.0 Å². The minimum Gasteiger partial charge on any atom is -0.481 e. The van der Waals surface area contributed by atoms with Gasteiger partial charge in [-0.05, 0) is 17.4 Å². The summed E-state index contributed by atoms with van der Waals surface area (Å²) in [6.07, 6.45) is 3.27. The third-order valence-corrected chi connectivity index (χ3v) is 3.70. The van der Waals surface area contributed by atoms with Crippen molar-refractivity contribution in [3.63, 3.8) is 0 Å². The lowest BCUT2D eigenvalue weighted by atomic mass is 9.89. The Morgan fingerprint density at radius 1 is 1.17 bits per heavy atom. The number of amides is 1. The van der Waals surface area contributed by atoms with E-state index in [9.17, 15) is 9.59 Å². The van der Waals surface area contributed by atoms with Crippen molar-refractivity contribution in [3.8, 4) is 0 Å². The third-order valence-electron chi connectivity index (χ3n) is 3.70. The Kier molecular flexibility index (Phi) is 8.47. The van der Waals surface area contributed by atoms with E-state index >= 15 is 0 Å². The number of unbranched alkanes of at least 4 members (excludes halogenated alkanes) is 2. The summed E-state index contributed by atoms with van der Waals surface area (Å²) in [6.45, 7) is 6.31. The quantitative estimate of drug-likeness (QED) is 0.490. The lowest BCUT2D eigenvalue weighted by Gasteiger charge is -2.31. The Labute approximate surface area is 144 Å². The van der Waals surface area contributed by atoms with E-state index in [0.717, 1.165) is 24.8 Å². The van der Waals surface area contributed by atoms with Gasteiger partial charge in [-0.1, -0.05) is 63.9 Å². The second-order valence-electron chi connectivity index (χ2n) is 6.88. The smallest absolute Gasteiger partial charge is 0.303 e. The number of hydroxylamine groups is 2. The summed E-state index contributed by atoms with van der Waals surface area (Å²) in [6, 6.07) is 9.62. The molecule has 0 bridgehead atoms. The molecule has 24 heavy (non-hydrogen) atoms. The lowest BCUT2D eigenvalue weighted by molar-refractivity contribution is -0.200. The van der Waals surface area contributed by atoms with E-state index in [1.54, 1.807) is 0 Å². The van der Waals surface area contributed by atoms with Crippen LogP contribution in [0.5, 0.6) is 0 Å². The van der Waals surface area contributed by atoms with Crippen molar-refractivity contribution in [2.45, 2.75) is 59.5 Å². The highest BCUT2D eigenvalue weighted by molar-refractivity contribution is 5.75. The van der Waals surface area contributed by atoms with Gasteiger partial charge in [-0.25, -0.2) is 5.06 Å². The number of aliphatic carboxylic acids is 1. The fraction of sp³-hybridized carbons (Fsp3) is 0.579. The Hall–Kier alpha value is -1.88. The average Bonchev–Trinajstić information content (AvgIpc) is 2.51. The van der Waals surface area contributed by atoms with Crippen molar-refractivity contribution < 1.29 is 19.5 Å². The van der Waals surface area contributed by atoms with Gasteiger partial charge in [0.25, 0.3) is 0 Å². The van der Waals surface area contributed by atoms with Gasteiger partial charge in [-0.2, -0.15) is 0 Å². The van der Waals surface area contributed by atoms with Gasteiger partial charge < -0.3 is 5.11 Å². The largest absolute Gasteiger partial charge is 0.481 e. The molecule has 0 aromatic heterocycles. The Morgan fingerprint density at radius 2 is 1.83 bits per heavy atom. The summed E-state index contributed by atoms with van der Waals surface area (Å²) >= 11 is 0. The van der Waals surface area contributed by atoms with Crippen LogP contribution in [-0.2, 0) is 21.0 Å². The normalized spacial score (nSPS) is 11.3. The molecular formula is C19H29NO4. The van der Waals surface area contributed by atoms with E-state index in [1.165, 1.54) is 5.06 Å². The van der Waals surface area contributed by atoms with Crippen LogP contribution in [0.25, 0.3) is 0 Å². The molecular weight excluding hydrogens is 306 g/mol. The minimum atomic E-state index is -0.874. The van der Waals surface area contributed by atoms with Crippen molar-refractivity contribution in [3.05, 3.63) is 35.9 Å². The summed E-state index contributed by atoms with van der Waals surface area (Å²) < 4.78 is 0. The first-order valence-corrected chi connectivity index (χ1v) is 8.53. The van der Waals surface area contributed by atoms with Crippen molar-refractivity contribution in [2.75, 3.05) is 6.54 Å². The predicted octanol–water partition coefficient (Wildman–Crippen LogP) is 4.03. The molecule has 1 rings (SSSR count). The number of hydrogen-bond acceptors (Lipinski definition) is 3. The molecule has 0 aliphatic rings. The van der Waals surface area contributed by atoms with Crippen LogP contribution in [0.4, 0.5) is 0 Å². The SMILES string of the molecule is CCCCCC(=O)N(CC(C)(C)CC(=O)O)OCc1ccccc1. The van der Waals surface area contributed by atoms with Crippen LogP contribution in [0, 0.1) is 5.41 Å². The molecule has 0 saturated heterocycles. The molecule has 5 nitrogen and oxygen atoms in total. The molecule has 0 aliphatic heterocycles. The zero-order valence-electron chi connectivity index (χ0n) is 15.0. The van der Waals surface area contributed by atoms with Crippen LogP contribution in [0.3, 0.4) is 0 Å². The summed E-state index contributed by atoms with van der Waals surface area (Å²) in [5.74, 6) is -0.959. The van der Waals surface area contributed by atoms with E-state index in [-0.39, 0.29) is 18.9 Å². The van der Waals surface area contributed by atoms with Gasteiger partial charge in [0.1, 0.15) is 6.61 Å². The Bertz CT molecular complexity index is 513. The summed E-state index contributed by atoms with van der Waals surface area (Å²) in [5, 5.41) is 10.4. The van der Waals surface area contributed by atoms with Crippen LogP contribution in [0.15, 0.2) is 30.3 Å². The first kappa shape index (κ1) is 20.2. The zero-order valence-corrected chi connectivity index (χ0v) is 15.0. The van der Waals surface area contributed by atoms with Crippen LogP contribution < -0.4 is 0 Å². The molecule has 0 heterocycles. The van der Waals surface area contributed by atoms with E-state index in [2.05, 4.69) is 6.92 Å². The van der Waals surface area contributed by atoms with Crippen LogP contribution >= 0.6 is 0 Å². The number of carboxylic acids is 1. The molecule has 0 fully saturated rings. The summed E-state index contributed by atoms with van der Waals surface area (Å²) in [7, 11) is 0. The van der Waals surface area contributed by atoms with E-state index < -0.39 is 11.4 Å². The fourth-order valence-corrected chi connectivity index (χ4v) is 2.44. The maximum Gasteiger partial charge on any atom is 0.303 e. The maximum absolute atomic E-state index is 12.5. The number of carbonyl (C=O) groups is 2. The maximum atomic E-state index is 12.5. The highest BCUT2D eigenvalue weighted by Gasteiger charge is 2.28. The molecule has 0 atom stereocenters. The van der Waals surface area contributed by atoms with Gasteiger partial charge in [-0.15, -0.1) is 0 Å². The molecule has 0 unspecified atom stereocenters. The monoisotopic (exact) mass is 335 g/mol. The van der Waals surface area contributed by atoms with Crippen molar-refractivity contribution >= 4 is 11.9 Å². The van der Waals surface area contributed by atoms with Crippen molar-refractivity contribution in [1.29, 1.82) is 0 Å². The summed E-state index contributed by atoms with van der Waals surface area (Å²) in [4.78, 5) is 29.2. The molecule has 1 amide bonds. The number of rotatable bonds is 11. The predicted molar refractivity (Wildman–Crippen MR) is 93.1 cm³/mol. The van der Waals surface area contributed by atoms with Crippen LogP contribution in [0.1, 0.15) is 58.4 Å². The van der Waals surface area contributed by atoms with Gasteiger partial charge in [0.2, 0.25) is 5.91 Å². The number of nitrogens with zero attached hydrogens (tertiary/aromatic N) is 1. The first-order chi connectivity index (χ1) is 11.3. The first-order valence-electron chi connectivity index (χ1n) is 8.53. The molecule has 134 valence electrons. The number of benzene rings is 1. The number of hydrogen-bond donors (Lipinski definition) is 1. The molecule has 0 spiro atoms. The van der Waals surface area contributed by atoms with Crippen molar-refractivity contribution in [1.82, 2.24) is 5.06 Å². The highest BCUT2D eigenvalue weighted by Crippen LogP contribution is 2.23. The summed E-state index contributed by atoms with van der Waals surface area (Å²) in [5.41, 5.74) is 0.419. The standard InChI is InChI=1S/C19H29NO4/c1-4-5-7-12-17(21)20(15-19(2,3)13-18(22)23)24-14-16-10-8-6-9-11-16/h6,8-11H,4-5,7,12-15H2,1-3H3,(H,22,23). The number of carbonyl (C=O) groups excluding carboxylic acids is 1. The molecule has 1 aromatic carbocycles. The van der Waals surface area contributed by atoms with Crippen LogP contribution in [-0.4, -0.2) is 28.6 Å². The molecule has 0 radical (unpaired) electrons. The zero-order chi connectivity index (χ0) is 18.0. The molecule has 1 aromatic rings. The Balaban J connectivity index is 2.70. The van der Waals surface area contributed by atoms with E-state index in [4.69, 9.17) is 9.94 Å². The molecule has 5 heteroatoms. The van der Waals surface area contributed by atoms with Crippen LogP contribution in [0.2, 0.25) is 0 Å². The molecule has 1 N–H and O–H groups in total. The third kappa shape index (κ3) is 8.11. The lowest BCUT2D eigenvalue weighted by Crippen LogP contribution is -2.39. The Morgan fingerprint density at radius 3 is 2.42 bits per heavy atom. The highest BCUT2D eigenvalue weighted by atomic mass is 16.7. The van der Waals surface area contributed by atoms with Crippen molar-refractivity contribution in [2.24, 2.45) is 5.41 Å². The molecule has 0 aliphatic carbocycles. The van der Waals surface area contributed by atoms with Gasteiger partial charge in [0, 0.05) is 6.42 Å². The number of carboxylic acid groups (broad SMARTS) is 1. The van der Waals surface area contributed by atoms with E-state index in [1.807, 2.05) is 44.2 Å². The average molecular weight is 335 g/mol. The van der Waals surface area contributed by atoms with Gasteiger partial charge >= 0.3 is 5.97 Å². The fourth-order valence-electron chi connectivity index (χ4n) is 2.44. The van der Waals surface area contributed by atoms with E-state index in [0.29, 0.717) is 13.0 Å². The minimum absolute atomic E-state index is 0.0135. The second-order valence-corrected chi connectivity index (χ2v) is 6.88. The van der Waals surface area contributed by atoms with Gasteiger partial charge in [0.15, 0.2) is 0 Å².